The summed E-state index contributed by atoms with van der Waals surface area (Å²) in [5.74, 6) is -1.58. The molecule has 0 fully saturated rings. The molecule has 0 bridgehead atoms. The molecule has 0 atom stereocenters. The van der Waals surface area contributed by atoms with Crippen molar-refractivity contribution in [3.63, 3.8) is 0 Å². The second-order valence-corrected chi connectivity index (χ2v) is 2.12. The molecule has 0 saturated heterocycles. The minimum absolute atomic E-state index is 0.500. The fourth-order valence-electron chi connectivity index (χ4n) is 0. The van der Waals surface area contributed by atoms with Crippen LogP contribution in [0.5, 0.6) is 0 Å². The summed E-state index contributed by atoms with van der Waals surface area (Å²) >= 11 is 0. The number of nitrogens with one attached hydrogen (secondary N) is 1. The molecule has 0 aromatic rings. The van der Waals surface area contributed by atoms with Crippen molar-refractivity contribution in [1.82, 2.24) is 0 Å². The Bertz CT molecular complexity index is 89.7. The van der Waals surface area contributed by atoms with E-state index in [0.29, 0.717) is 4.90 Å². The number of rotatable bonds is 1. The van der Waals surface area contributed by atoms with Gasteiger partial charge in [-0.25, -0.2) is 0 Å². The SMILES string of the molecule is C[NH+](C)C(C)(O)O.O=B[O-]. The van der Waals surface area contributed by atoms with Crippen molar-refractivity contribution in [3.8, 4) is 0 Å². The summed E-state index contributed by atoms with van der Waals surface area (Å²) in [5.41, 5.74) is 0. The maximum atomic E-state index is 8.61. The summed E-state index contributed by atoms with van der Waals surface area (Å²) in [6.45, 7) is 1.34. The van der Waals surface area contributed by atoms with E-state index in [2.05, 4.69) is 0 Å². The normalized spacial score (nSPS) is 9.80. The predicted molar refractivity (Wildman–Crippen MR) is 32.1 cm³/mol. The van der Waals surface area contributed by atoms with Gasteiger partial charge in [0.05, 0.1) is 14.1 Å². The molecule has 5 nitrogen and oxygen atoms in total. The summed E-state index contributed by atoms with van der Waals surface area (Å²) in [4.78, 5) is 0.604. The fraction of sp³-hybridized carbons (Fsp3) is 1.00. The van der Waals surface area contributed by atoms with E-state index in [1.54, 1.807) is 14.1 Å². The number of aliphatic hydroxyl groups is 2. The van der Waals surface area contributed by atoms with Crippen molar-refractivity contribution in [2.45, 2.75) is 12.8 Å². The maximum absolute atomic E-state index is 8.61. The molecule has 0 aromatic carbocycles. The third kappa shape index (κ3) is 10.5. The van der Waals surface area contributed by atoms with E-state index < -0.39 is 13.3 Å². The van der Waals surface area contributed by atoms with Gasteiger partial charge in [-0.15, -0.1) is 0 Å². The van der Waals surface area contributed by atoms with E-state index in [-0.39, 0.29) is 0 Å². The van der Waals surface area contributed by atoms with Crippen LogP contribution in [0.2, 0.25) is 0 Å². The van der Waals surface area contributed by atoms with Gasteiger partial charge < -0.3 is 10.2 Å². The molecular weight excluding hydrogens is 137 g/mol. The molecule has 0 unspecified atom stereocenters. The predicted octanol–water partition coefficient (Wildman–Crippen LogP) is -3.90. The topological polar surface area (TPSA) is 85.0 Å². The fourth-order valence-corrected chi connectivity index (χ4v) is 0. The molecule has 0 aliphatic heterocycles. The van der Waals surface area contributed by atoms with Crippen molar-refractivity contribution in [3.05, 3.63) is 0 Å². The Morgan fingerprint density at radius 2 is 1.60 bits per heavy atom. The summed E-state index contributed by atoms with van der Waals surface area (Å²) in [5, 5.41) is 25.5. The molecule has 10 heavy (non-hydrogen) atoms. The second-order valence-electron chi connectivity index (χ2n) is 2.12. The van der Waals surface area contributed by atoms with Gasteiger partial charge in [0.1, 0.15) is 0 Å². The van der Waals surface area contributed by atoms with Crippen molar-refractivity contribution >= 4 is 7.35 Å². The van der Waals surface area contributed by atoms with Crippen molar-refractivity contribution in [2.75, 3.05) is 14.1 Å². The molecule has 0 radical (unpaired) electrons. The first-order valence-corrected chi connectivity index (χ1v) is 2.67. The van der Waals surface area contributed by atoms with E-state index in [1.165, 1.54) is 6.92 Å². The molecule has 0 rings (SSSR count). The van der Waals surface area contributed by atoms with Crippen LogP contribution in [0, 0.1) is 0 Å². The Morgan fingerprint density at radius 3 is 1.60 bits per heavy atom. The zero-order valence-electron chi connectivity index (χ0n) is 6.29. The third-order valence-electron chi connectivity index (χ3n) is 0.947. The second kappa shape index (κ2) is 5.34. The molecule has 0 amide bonds. The van der Waals surface area contributed by atoms with Gasteiger partial charge in [0.25, 0.3) is 0 Å². The van der Waals surface area contributed by atoms with Gasteiger partial charge in [-0.05, 0) is 0 Å². The van der Waals surface area contributed by atoms with Crippen LogP contribution in [0.4, 0.5) is 0 Å². The van der Waals surface area contributed by atoms with E-state index >= 15 is 0 Å². The average molecular weight is 149 g/mol. The Hall–Kier alpha value is -0.455. The van der Waals surface area contributed by atoms with Crippen molar-refractivity contribution < 1.29 is 24.8 Å². The van der Waals surface area contributed by atoms with Gasteiger partial charge >= 0.3 is 23.0 Å². The zero-order chi connectivity index (χ0) is 8.78. The Labute approximate surface area is 60.2 Å². The standard InChI is InChI=1S/C4H11NO2.BO2/c1-4(6,7)5(2)3;2-1-3/h6-7H,1-3H3;/q;-1/p+1. The molecule has 3 N–H and O–H groups in total. The quantitative estimate of drug-likeness (QED) is 0.263. The third-order valence-corrected chi connectivity index (χ3v) is 0.947. The van der Waals surface area contributed by atoms with Crippen LogP contribution in [-0.4, -0.2) is 37.6 Å². The van der Waals surface area contributed by atoms with Gasteiger partial charge in [0.2, 0.25) is 0 Å². The van der Waals surface area contributed by atoms with Crippen LogP contribution in [0.3, 0.4) is 0 Å². The molecule has 0 aromatic heterocycles. The van der Waals surface area contributed by atoms with Crippen LogP contribution in [-0.2, 0) is 4.70 Å². The Balaban J connectivity index is 0. The molecular formula is C4H12BNO4. The first kappa shape index (κ1) is 12.2. The van der Waals surface area contributed by atoms with Gasteiger partial charge in [0.15, 0.2) is 0 Å². The van der Waals surface area contributed by atoms with Gasteiger partial charge in [-0.2, -0.15) is 0 Å². The molecule has 0 saturated carbocycles. The first-order valence-electron chi connectivity index (χ1n) is 2.67. The van der Waals surface area contributed by atoms with Crippen LogP contribution >= 0.6 is 0 Å². The van der Waals surface area contributed by atoms with Gasteiger partial charge in [-0.1, -0.05) is 0 Å². The van der Waals surface area contributed by atoms with E-state index in [0.717, 1.165) is 0 Å². The number of quaternary nitrogens is 1. The molecule has 6 heteroatoms. The number of hydrogen-bond donors (Lipinski definition) is 3. The Morgan fingerprint density at radius 1 is 1.50 bits per heavy atom. The summed E-state index contributed by atoms with van der Waals surface area (Å²) in [6, 6.07) is 0. The van der Waals surface area contributed by atoms with E-state index in [9.17, 15) is 0 Å². The summed E-state index contributed by atoms with van der Waals surface area (Å²) < 4.78 is 8.25. The van der Waals surface area contributed by atoms with Gasteiger partial charge in [0, 0.05) is 6.92 Å². The number of hydrogen-bond acceptors (Lipinski definition) is 4. The molecule has 0 spiro atoms. The zero-order valence-corrected chi connectivity index (χ0v) is 6.29. The van der Waals surface area contributed by atoms with Gasteiger partial charge in [-0.3, -0.25) is 4.90 Å². The van der Waals surface area contributed by atoms with E-state index in [4.69, 9.17) is 19.9 Å². The first-order chi connectivity index (χ1) is 4.36. The average Bonchev–Trinajstić information content (AvgIpc) is 1.64. The van der Waals surface area contributed by atoms with Crippen LogP contribution < -0.4 is 9.92 Å². The monoisotopic (exact) mass is 149 g/mol. The molecule has 0 aliphatic carbocycles. The van der Waals surface area contributed by atoms with Crippen molar-refractivity contribution in [1.29, 1.82) is 0 Å². The van der Waals surface area contributed by atoms with Crippen molar-refractivity contribution in [2.24, 2.45) is 0 Å². The van der Waals surface area contributed by atoms with Crippen LogP contribution in [0.25, 0.3) is 0 Å². The minimum atomic E-state index is -1.58. The van der Waals surface area contributed by atoms with E-state index in [1.807, 2.05) is 0 Å². The van der Waals surface area contributed by atoms with Crippen LogP contribution in [0.15, 0.2) is 0 Å². The summed E-state index contributed by atoms with van der Waals surface area (Å²) in [6.07, 6.45) is 0. The molecule has 0 aliphatic rings. The summed E-state index contributed by atoms with van der Waals surface area (Å²) in [7, 11) is 2.83. The van der Waals surface area contributed by atoms with Crippen LogP contribution in [0.1, 0.15) is 6.92 Å². The molecule has 60 valence electrons. The Kier molecular flexibility index (Phi) is 6.54. The molecule has 0 heterocycles.